The van der Waals surface area contributed by atoms with Gasteiger partial charge in [-0.15, -0.1) is 0 Å². The summed E-state index contributed by atoms with van der Waals surface area (Å²) < 4.78 is 24.5. The predicted molar refractivity (Wildman–Crippen MR) is 96.3 cm³/mol. The van der Waals surface area contributed by atoms with Gasteiger partial charge >= 0.3 is 0 Å². The lowest BCUT2D eigenvalue weighted by atomic mass is 10.1. The first-order chi connectivity index (χ1) is 11.4. The lowest BCUT2D eigenvalue weighted by Gasteiger charge is -2.14. The molecule has 0 fully saturated rings. The molecular weight excluding hydrogens is 322 g/mol. The summed E-state index contributed by atoms with van der Waals surface area (Å²) in [6, 6.07) is 16.8. The first-order valence-electron chi connectivity index (χ1n) is 7.96. The number of benzene rings is 2. The average molecular weight is 345 g/mol. The van der Waals surface area contributed by atoms with E-state index in [1.54, 1.807) is 0 Å². The Labute approximate surface area is 143 Å². The van der Waals surface area contributed by atoms with Crippen LogP contribution in [0.15, 0.2) is 54.6 Å². The van der Waals surface area contributed by atoms with Gasteiger partial charge in [-0.3, -0.25) is 4.79 Å². The Balaban J connectivity index is 1.87. The second-order valence-corrected chi connectivity index (χ2v) is 8.15. The number of nitrogens with one attached hydrogen (secondary N) is 1. The molecule has 0 radical (unpaired) electrons. The molecule has 128 valence electrons. The number of hydrogen-bond donors (Lipinski definition) is 1. The molecule has 0 aromatic heterocycles. The van der Waals surface area contributed by atoms with Gasteiger partial charge in [0.25, 0.3) is 0 Å². The van der Waals surface area contributed by atoms with E-state index in [0.717, 1.165) is 16.7 Å². The van der Waals surface area contributed by atoms with Crippen LogP contribution in [-0.4, -0.2) is 20.1 Å². The first kappa shape index (κ1) is 18.2. The van der Waals surface area contributed by atoms with Gasteiger partial charge in [0, 0.05) is 6.42 Å². The van der Waals surface area contributed by atoms with Gasteiger partial charge in [-0.2, -0.15) is 0 Å². The van der Waals surface area contributed by atoms with Crippen LogP contribution >= 0.6 is 0 Å². The Morgan fingerprint density at radius 3 is 2.33 bits per heavy atom. The summed E-state index contributed by atoms with van der Waals surface area (Å²) in [5.74, 6) is -0.421. The molecule has 2 aromatic carbocycles. The van der Waals surface area contributed by atoms with Crippen LogP contribution in [0, 0.1) is 6.92 Å². The topological polar surface area (TPSA) is 63.2 Å². The van der Waals surface area contributed by atoms with Crippen molar-refractivity contribution in [2.24, 2.45) is 0 Å². The van der Waals surface area contributed by atoms with Crippen LogP contribution in [-0.2, 0) is 20.4 Å². The quantitative estimate of drug-likeness (QED) is 0.838. The van der Waals surface area contributed by atoms with Gasteiger partial charge in [0.2, 0.25) is 5.91 Å². The number of carbonyl (C=O) groups excluding carboxylic acids is 1. The minimum atomic E-state index is -3.31. The number of aryl methyl sites for hydroxylation is 1. The number of rotatable bonds is 7. The Bertz CT molecular complexity index is 785. The third-order valence-corrected chi connectivity index (χ3v) is 5.53. The van der Waals surface area contributed by atoms with Crippen LogP contribution in [0.3, 0.4) is 0 Å². The summed E-state index contributed by atoms with van der Waals surface area (Å²) in [6.45, 7) is 3.77. The van der Waals surface area contributed by atoms with Gasteiger partial charge in [-0.25, -0.2) is 8.42 Å². The van der Waals surface area contributed by atoms with Crippen LogP contribution in [0.2, 0.25) is 0 Å². The molecule has 24 heavy (non-hydrogen) atoms. The zero-order valence-corrected chi connectivity index (χ0v) is 14.8. The maximum absolute atomic E-state index is 12.2. The van der Waals surface area contributed by atoms with E-state index in [1.165, 1.54) is 0 Å². The highest BCUT2D eigenvalue weighted by Crippen LogP contribution is 2.14. The van der Waals surface area contributed by atoms with Crippen molar-refractivity contribution in [3.8, 4) is 0 Å². The van der Waals surface area contributed by atoms with Crippen LogP contribution in [0.25, 0.3) is 0 Å². The second-order valence-electron chi connectivity index (χ2n) is 5.97. The van der Waals surface area contributed by atoms with E-state index in [9.17, 15) is 13.2 Å². The molecule has 1 amide bonds. The van der Waals surface area contributed by atoms with Crippen LogP contribution in [0.1, 0.15) is 36.1 Å². The normalized spacial score (nSPS) is 12.6. The lowest BCUT2D eigenvalue weighted by molar-refractivity contribution is -0.121. The van der Waals surface area contributed by atoms with Gasteiger partial charge in [0.05, 0.1) is 17.5 Å². The summed E-state index contributed by atoms with van der Waals surface area (Å²) in [7, 11) is -3.31. The van der Waals surface area contributed by atoms with Crippen molar-refractivity contribution in [2.75, 3.05) is 5.75 Å². The molecule has 0 aliphatic carbocycles. The van der Waals surface area contributed by atoms with E-state index < -0.39 is 9.84 Å². The number of sulfone groups is 1. The second kappa shape index (κ2) is 8.11. The van der Waals surface area contributed by atoms with Gasteiger partial charge in [0.15, 0.2) is 9.84 Å². The standard InChI is InChI=1S/C19H23NO3S/c1-15-8-6-7-11-18(15)14-24(22,23)13-12-19(21)20-16(2)17-9-4-3-5-10-17/h3-11,16H,12-14H2,1-2H3,(H,20,21). The average Bonchev–Trinajstić information content (AvgIpc) is 2.56. The summed E-state index contributed by atoms with van der Waals surface area (Å²) >= 11 is 0. The fraction of sp³-hybridized carbons (Fsp3) is 0.316. The number of amides is 1. The Hall–Kier alpha value is -2.14. The molecular formula is C19H23NO3S. The Kier molecular flexibility index (Phi) is 6.15. The molecule has 0 spiro atoms. The molecule has 0 saturated carbocycles. The maximum Gasteiger partial charge on any atom is 0.221 e. The molecule has 0 saturated heterocycles. The smallest absolute Gasteiger partial charge is 0.221 e. The molecule has 0 heterocycles. The minimum absolute atomic E-state index is 0.0224. The SMILES string of the molecule is Cc1ccccc1CS(=O)(=O)CCC(=O)NC(C)c1ccccc1. The van der Waals surface area contributed by atoms with E-state index in [-0.39, 0.29) is 29.9 Å². The third kappa shape index (κ3) is 5.49. The Morgan fingerprint density at radius 2 is 1.67 bits per heavy atom. The highest BCUT2D eigenvalue weighted by atomic mass is 32.2. The van der Waals surface area contributed by atoms with Gasteiger partial charge in [-0.1, -0.05) is 54.6 Å². The van der Waals surface area contributed by atoms with Gasteiger partial charge in [0.1, 0.15) is 0 Å². The van der Waals surface area contributed by atoms with Gasteiger partial charge < -0.3 is 5.32 Å². The summed E-state index contributed by atoms with van der Waals surface area (Å²) in [4.78, 5) is 12.0. The first-order valence-corrected chi connectivity index (χ1v) is 9.79. The van der Waals surface area contributed by atoms with E-state index in [4.69, 9.17) is 0 Å². The molecule has 5 heteroatoms. The number of hydrogen-bond acceptors (Lipinski definition) is 3. The summed E-state index contributed by atoms with van der Waals surface area (Å²) in [6.07, 6.45) is -0.0224. The van der Waals surface area contributed by atoms with E-state index in [0.29, 0.717) is 0 Å². The molecule has 0 aliphatic heterocycles. The molecule has 0 aliphatic rings. The van der Waals surface area contributed by atoms with E-state index >= 15 is 0 Å². The van der Waals surface area contributed by atoms with Crippen molar-refractivity contribution in [1.82, 2.24) is 5.32 Å². The zero-order chi connectivity index (χ0) is 17.6. The molecule has 1 unspecified atom stereocenters. The van der Waals surface area contributed by atoms with Crippen LogP contribution < -0.4 is 5.32 Å². The van der Waals surface area contributed by atoms with Crippen molar-refractivity contribution >= 4 is 15.7 Å². The third-order valence-electron chi connectivity index (χ3n) is 3.95. The van der Waals surface area contributed by atoms with Crippen molar-refractivity contribution in [3.05, 3.63) is 71.3 Å². The van der Waals surface area contributed by atoms with E-state index in [1.807, 2.05) is 68.4 Å². The highest BCUT2D eigenvalue weighted by molar-refractivity contribution is 7.90. The molecule has 1 N–H and O–H groups in total. The minimum Gasteiger partial charge on any atom is -0.350 e. The predicted octanol–water partition coefficient (Wildman–Crippen LogP) is 3.18. The maximum atomic E-state index is 12.2. The zero-order valence-electron chi connectivity index (χ0n) is 14.0. The fourth-order valence-electron chi connectivity index (χ4n) is 2.47. The molecule has 2 rings (SSSR count). The van der Waals surface area contributed by atoms with Crippen molar-refractivity contribution in [1.29, 1.82) is 0 Å². The van der Waals surface area contributed by atoms with Crippen molar-refractivity contribution in [2.45, 2.75) is 32.1 Å². The lowest BCUT2D eigenvalue weighted by Crippen LogP contribution is -2.28. The van der Waals surface area contributed by atoms with Crippen molar-refractivity contribution < 1.29 is 13.2 Å². The highest BCUT2D eigenvalue weighted by Gasteiger charge is 2.17. The molecule has 0 bridgehead atoms. The summed E-state index contributed by atoms with van der Waals surface area (Å²) in [5.41, 5.74) is 2.73. The monoisotopic (exact) mass is 345 g/mol. The largest absolute Gasteiger partial charge is 0.350 e. The van der Waals surface area contributed by atoms with Gasteiger partial charge in [-0.05, 0) is 30.5 Å². The van der Waals surface area contributed by atoms with Crippen LogP contribution in [0.5, 0.6) is 0 Å². The Morgan fingerprint density at radius 1 is 1.04 bits per heavy atom. The van der Waals surface area contributed by atoms with Crippen LogP contribution in [0.4, 0.5) is 0 Å². The van der Waals surface area contributed by atoms with E-state index in [2.05, 4.69) is 5.32 Å². The molecule has 4 nitrogen and oxygen atoms in total. The fourth-order valence-corrected chi connectivity index (χ4v) is 3.91. The molecule has 2 aromatic rings. The van der Waals surface area contributed by atoms with Crippen molar-refractivity contribution in [3.63, 3.8) is 0 Å². The summed E-state index contributed by atoms with van der Waals surface area (Å²) in [5, 5.41) is 2.84. The number of carbonyl (C=O) groups is 1. The molecule has 1 atom stereocenters.